The summed E-state index contributed by atoms with van der Waals surface area (Å²) in [5, 5.41) is 0. The molecule has 0 aromatic heterocycles. The molecule has 0 atom stereocenters. The van der Waals surface area contributed by atoms with E-state index in [1.807, 2.05) is 6.92 Å². The Hall–Kier alpha value is 0.146. The van der Waals surface area contributed by atoms with Crippen LogP contribution in [0.25, 0.3) is 0 Å². The maximum absolute atomic E-state index is 10.7. The molecular weight excluding hydrogens is 208 g/mol. The van der Waals surface area contributed by atoms with Gasteiger partial charge >= 0.3 is 16.1 Å². The third-order valence-electron chi connectivity index (χ3n) is 1.10. The summed E-state index contributed by atoms with van der Waals surface area (Å²) in [5.74, 6) is -1.55. The molecule has 0 saturated heterocycles. The van der Waals surface area contributed by atoms with Crippen molar-refractivity contribution < 1.29 is 22.5 Å². The average molecular weight is 221 g/mol. The van der Waals surface area contributed by atoms with E-state index in [0.717, 1.165) is 6.42 Å². The molecule has 0 unspecified atom stereocenters. The Morgan fingerprint density at radius 1 is 1.46 bits per heavy atom. The monoisotopic (exact) mass is 220 g/mol. The molecule has 0 aromatic carbocycles. The number of unbranched alkanes of at least 4 members (excludes halogenated alkanes) is 1. The van der Waals surface area contributed by atoms with Crippen LogP contribution >= 0.6 is 0 Å². The van der Waals surface area contributed by atoms with Crippen molar-refractivity contribution in [2.75, 3.05) is 5.94 Å². The molecule has 2 radical (unpaired) electrons. The van der Waals surface area contributed by atoms with Gasteiger partial charge < -0.3 is 4.74 Å². The van der Waals surface area contributed by atoms with Gasteiger partial charge in [-0.1, -0.05) is 13.3 Å². The number of hydrogen-bond donors (Lipinski definition) is 1. The molecule has 0 aliphatic carbocycles. The SMILES string of the molecule is CCCCC(=O)OCS(=O)(=O)O.[Mg]. The Morgan fingerprint density at radius 2 is 2.00 bits per heavy atom. The standard InChI is InChI=1S/C6H12O5S.Mg/c1-2-3-4-6(7)11-5-12(8,9)10;/h2-5H2,1H3,(H,8,9,10);. The molecular formula is C6H12MgO5S. The van der Waals surface area contributed by atoms with E-state index in [1.165, 1.54) is 0 Å². The highest BCUT2D eigenvalue weighted by molar-refractivity contribution is 7.85. The first kappa shape index (κ1) is 15.6. The summed E-state index contributed by atoms with van der Waals surface area (Å²) in [6.07, 6.45) is 1.68. The van der Waals surface area contributed by atoms with Crippen molar-refractivity contribution in [2.45, 2.75) is 26.2 Å². The van der Waals surface area contributed by atoms with Gasteiger partial charge in [0.15, 0.2) is 0 Å². The van der Waals surface area contributed by atoms with E-state index in [1.54, 1.807) is 0 Å². The first-order valence-corrected chi connectivity index (χ1v) is 5.17. The molecule has 13 heavy (non-hydrogen) atoms. The van der Waals surface area contributed by atoms with Gasteiger partial charge in [0.1, 0.15) is 0 Å². The Bertz CT molecular complexity index is 235. The zero-order valence-corrected chi connectivity index (χ0v) is 9.75. The van der Waals surface area contributed by atoms with Crippen LogP contribution in [-0.4, -0.2) is 47.9 Å². The first-order chi connectivity index (χ1) is 5.45. The largest absolute Gasteiger partial charge is 0.447 e. The summed E-state index contributed by atoms with van der Waals surface area (Å²) >= 11 is 0. The van der Waals surface area contributed by atoms with Crippen LogP contribution in [0.4, 0.5) is 0 Å². The van der Waals surface area contributed by atoms with Crippen LogP contribution in [0.15, 0.2) is 0 Å². The quantitative estimate of drug-likeness (QED) is 0.406. The fraction of sp³-hybridized carbons (Fsp3) is 0.833. The lowest BCUT2D eigenvalue weighted by molar-refractivity contribution is -0.141. The van der Waals surface area contributed by atoms with Crippen LogP contribution < -0.4 is 0 Å². The maximum atomic E-state index is 10.7. The summed E-state index contributed by atoms with van der Waals surface area (Å²) in [6.45, 7) is 1.90. The normalized spacial score (nSPS) is 10.3. The van der Waals surface area contributed by atoms with E-state index in [2.05, 4.69) is 4.74 Å². The topological polar surface area (TPSA) is 80.7 Å². The lowest BCUT2D eigenvalue weighted by Crippen LogP contribution is -2.12. The molecule has 0 heterocycles. The minimum Gasteiger partial charge on any atom is -0.447 e. The highest BCUT2D eigenvalue weighted by atomic mass is 32.2. The second-order valence-electron chi connectivity index (χ2n) is 2.32. The van der Waals surface area contributed by atoms with Crippen LogP contribution in [0, 0.1) is 0 Å². The minimum atomic E-state index is -4.19. The number of carbonyl (C=O) groups is 1. The summed E-state index contributed by atoms with van der Waals surface area (Å²) in [7, 11) is -4.19. The van der Waals surface area contributed by atoms with Gasteiger partial charge in [0.05, 0.1) is 0 Å². The van der Waals surface area contributed by atoms with Crippen molar-refractivity contribution >= 4 is 39.1 Å². The van der Waals surface area contributed by atoms with Crippen LogP contribution in [0.2, 0.25) is 0 Å². The van der Waals surface area contributed by atoms with Crippen LogP contribution in [0.1, 0.15) is 26.2 Å². The van der Waals surface area contributed by atoms with Gasteiger partial charge in [-0.15, -0.1) is 0 Å². The molecule has 7 heteroatoms. The molecule has 0 amide bonds. The van der Waals surface area contributed by atoms with Gasteiger partial charge in [0, 0.05) is 29.5 Å². The van der Waals surface area contributed by atoms with E-state index in [0.29, 0.717) is 6.42 Å². The van der Waals surface area contributed by atoms with Crippen LogP contribution in [0.5, 0.6) is 0 Å². The summed E-state index contributed by atoms with van der Waals surface area (Å²) in [6, 6.07) is 0. The minimum absolute atomic E-state index is 0. The molecule has 0 fully saturated rings. The van der Waals surface area contributed by atoms with Crippen molar-refractivity contribution in [3.8, 4) is 0 Å². The first-order valence-electron chi connectivity index (χ1n) is 3.56. The van der Waals surface area contributed by atoms with Crippen molar-refractivity contribution in [3.63, 3.8) is 0 Å². The Labute approximate surface area is 93.7 Å². The molecule has 5 nitrogen and oxygen atoms in total. The predicted octanol–water partition coefficient (Wildman–Crippen LogP) is 0.184. The molecule has 0 bridgehead atoms. The number of carbonyl (C=O) groups excluding carboxylic acids is 1. The number of hydrogen-bond acceptors (Lipinski definition) is 4. The third-order valence-corrected chi connectivity index (χ3v) is 1.52. The summed E-state index contributed by atoms with van der Waals surface area (Å²) in [4.78, 5) is 10.7. The lowest BCUT2D eigenvalue weighted by Gasteiger charge is -2.00. The smallest absolute Gasteiger partial charge is 0.306 e. The van der Waals surface area contributed by atoms with Crippen molar-refractivity contribution in [1.82, 2.24) is 0 Å². The van der Waals surface area contributed by atoms with Gasteiger partial charge in [-0.05, 0) is 6.42 Å². The molecule has 0 spiro atoms. The second kappa shape index (κ2) is 7.54. The summed E-state index contributed by atoms with van der Waals surface area (Å²) in [5.41, 5.74) is 0. The Kier molecular flexibility index (Phi) is 9.06. The maximum Gasteiger partial charge on any atom is 0.306 e. The molecule has 1 N–H and O–H groups in total. The average Bonchev–Trinajstić information content (AvgIpc) is 1.95. The zero-order chi connectivity index (χ0) is 9.61. The molecule has 74 valence electrons. The van der Waals surface area contributed by atoms with Crippen molar-refractivity contribution in [2.24, 2.45) is 0 Å². The van der Waals surface area contributed by atoms with Gasteiger partial charge in [-0.3, -0.25) is 9.35 Å². The van der Waals surface area contributed by atoms with Gasteiger partial charge in [-0.2, -0.15) is 8.42 Å². The molecule has 0 aromatic rings. The second-order valence-corrected chi connectivity index (χ2v) is 3.72. The fourth-order valence-corrected chi connectivity index (χ4v) is 0.814. The molecule has 0 rings (SSSR count). The number of ether oxygens (including phenoxy) is 1. The van der Waals surface area contributed by atoms with Gasteiger partial charge in [0.2, 0.25) is 5.94 Å². The van der Waals surface area contributed by atoms with Crippen LogP contribution in [-0.2, 0) is 19.6 Å². The van der Waals surface area contributed by atoms with Crippen molar-refractivity contribution in [1.29, 1.82) is 0 Å². The fourth-order valence-electron chi connectivity index (χ4n) is 0.533. The highest BCUT2D eigenvalue weighted by Crippen LogP contribution is 1.97. The number of rotatable bonds is 5. The lowest BCUT2D eigenvalue weighted by atomic mass is 10.3. The third kappa shape index (κ3) is 12.1. The van der Waals surface area contributed by atoms with E-state index in [-0.39, 0.29) is 29.5 Å². The van der Waals surface area contributed by atoms with Gasteiger partial charge in [-0.25, -0.2) is 0 Å². The van der Waals surface area contributed by atoms with Crippen molar-refractivity contribution in [3.05, 3.63) is 0 Å². The summed E-state index contributed by atoms with van der Waals surface area (Å²) < 4.78 is 32.6. The van der Waals surface area contributed by atoms with Crippen LogP contribution in [0.3, 0.4) is 0 Å². The van der Waals surface area contributed by atoms with E-state index >= 15 is 0 Å². The molecule has 0 saturated carbocycles. The Morgan fingerprint density at radius 3 is 2.38 bits per heavy atom. The highest BCUT2D eigenvalue weighted by Gasteiger charge is 2.08. The van der Waals surface area contributed by atoms with E-state index < -0.39 is 22.0 Å². The zero-order valence-electron chi connectivity index (χ0n) is 7.52. The predicted molar refractivity (Wildman–Crippen MR) is 47.8 cm³/mol. The Balaban J connectivity index is 0. The van der Waals surface area contributed by atoms with E-state index in [4.69, 9.17) is 4.55 Å². The van der Waals surface area contributed by atoms with Gasteiger partial charge in [0.25, 0.3) is 0 Å². The molecule has 0 aliphatic heterocycles. The number of esters is 1. The molecule has 0 aliphatic rings. The van der Waals surface area contributed by atoms with E-state index in [9.17, 15) is 13.2 Å².